The van der Waals surface area contributed by atoms with E-state index in [-0.39, 0.29) is 67.8 Å². The Kier molecular flexibility index (Phi) is 18.3. The van der Waals surface area contributed by atoms with Crippen LogP contribution in [0.15, 0.2) is 84.8 Å². The van der Waals surface area contributed by atoms with E-state index in [1.54, 1.807) is 22.3 Å². The topological polar surface area (TPSA) is 233 Å². The molecule has 0 unspecified atom stereocenters. The number of β-amino-alcohol motifs (C(OH)–C–C–N with tert-alkyl or cyclic N) is 1. The number of rotatable bonds is 20. The maximum Gasteiger partial charge on any atom is 0.573 e. The molecule has 0 saturated carbocycles. The number of aromatic nitrogens is 4. The van der Waals surface area contributed by atoms with Crippen molar-refractivity contribution >= 4 is 63.4 Å². The van der Waals surface area contributed by atoms with E-state index in [2.05, 4.69) is 45.4 Å². The van der Waals surface area contributed by atoms with Crippen LogP contribution in [0.4, 0.5) is 24.7 Å². The predicted octanol–water partition coefficient (Wildman–Crippen LogP) is 6.42. The third-order valence-electron chi connectivity index (χ3n) is 15.4. The minimum Gasteiger partial charge on any atom is -0.406 e. The number of thiazole rings is 1. The molecule has 6 heterocycles. The Balaban J connectivity index is 0.695. The number of ether oxygens (including phenoxy) is 1. The van der Waals surface area contributed by atoms with Crippen molar-refractivity contribution in [1.82, 2.24) is 50.2 Å². The van der Waals surface area contributed by atoms with Gasteiger partial charge in [0, 0.05) is 82.6 Å². The maximum atomic E-state index is 14.2. The number of carbonyl (C=O) groups is 5. The summed E-state index contributed by atoms with van der Waals surface area (Å²) in [4.78, 5) is 89.6. The summed E-state index contributed by atoms with van der Waals surface area (Å²) >= 11 is 1.57. The molecule has 3 aromatic carbocycles. The maximum absolute atomic E-state index is 14.2. The predicted molar refractivity (Wildman–Crippen MR) is 306 cm³/mol. The number of carbonyl (C=O) groups excluding carboxylic acids is 5. The van der Waals surface area contributed by atoms with E-state index in [4.69, 9.17) is 5.73 Å². The first kappa shape index (κ1) is 59.2. The molecule has 0 spiro atoms. The number of likely N-dealkylation sites (tertiary alicyclic amines) is 1. The van der Waals surface area contributed by atoms with Crippen LogP contribution in [0.3, 0.4) is 0 Å². The van der Waals surface area contributed by atoms with Crippen molar-refractivity contribution in [3.05, 3.63) is 107 Å². The summed E-state index contributed by atoms with van der Waals surface area (Å²) < 4.78 is 44.4. The summed E-state index contributed by atoms with van der Waals surface area (Å²) in [6.45, 7) is 14.6. The number of benzene rings is 3. The summed E-state index contributed by atoms with van der Waals surface area (Å²) in [7, 11) is 0. The summed E-state index contributed by atoms with van der Waals surface area (Å²) in [6, 6.07) is 17.0. The minimum absolute atomic E-state index is 0.0134. The molecule has 0 radical (unpaired) electrons. The van der Waals surface area contributed by atoms with E-state index in [0.29, 0.717) is 80.9 Å². The third-order valence-corrected chi connectivity index (χ3v) is 16.4. The molecule has 0 aliphatic carbocycles. The van der Waals surface area contributed by atoms with Crippen molar-refractivity contribution in [3.63, 3.8) is 0 Å². The van der Waals surface area contributed by atoms with Gasteiger partial charge in [-0.05, 0) is 97.2 Å². The minimum atomic E-state index is -4.84. The van der Waals surface area contributed by atoms with Crippen LogP contribution in [0, 0.1) is 12.3 Å². The number of nitrogens with one attached hydrogen (secondary N) is 3. The standard InChI is InChI=1S/C59H71F3N12O7S/c1-36(39-12-14-40(15-13-39)52-37(2)67-35-82-52)68-56(79)47-30-43(75)31-74(47)57(80)53(58(3,4)5)69-48(76)11-7-20-70-23-25-71(26-24-70)33-49(77)64-19-8-21-72-32-45(51-54(63)65-34-66-55(51)72)41-16-17-46-42(29-41)18-22-73(46)50(78)28-38-9-6-10-44(27-38)81-59(60,61)62/h6,9-10,12-17,27,29,32,34-36,43,47,53,75H,7-8,11,18-26,28,30-31,33H2,1-5H3,(H,64,77)(H,68,79)(H,69,76)(H2,63,65,66)/t36-,43+,47-,53+/m0/s1. The number of amides is 5. The van der Waals surface area contributed by atoms with Gasteiger partial charge in [0.05, 0.1) is 46.6 Å². The van der Waals surface area contributed by atoms with Crippen LogP contribution in [0.1, 0.15) is 81.8 Å². The first-order valence-electron chi connectivity index (χ1n) is 27.8. The molecular formula is C59H71F3N12O7S. The molecule has 3 aromatic heterocycles. The van der Waals surface area contributed by atoms with Gasteiger partial charge in [0.25, 0.3) is 0 Å². The number of aryl methyl sites for hydroxylation is 2. The zero-order valence-electron chi connectivity index (χ0n) is 46.8. The molecule has 9 rings (SSSR count). The summed E-state index contributed by atoms with van der Waals surface area (Å²) in [5.41, 5.74) is 14.9. The SMILES string of the molecule is Cc1ncsc1-c1ccc([C@H](C)NC(=O)[C@@H]2C[C@@H](O)CN2C(=O)[C@@H](NC(=O)CCCN2CCN(CC(=O)NCCCn3cc(-c4ccc5c(c4)CCN5C(=O)Cc4cccc(OC(F)(F)F)c4)c4c(N)ncnc43)CC2)C(C)(C)C)cc1. The van der Waals surface area contributed by atoms with E-state index >= 15 is 0 Å². The molecule has 82 heavy (non-hydrogen) atoms. The normalized spacial score (nSPS) is 17.6. The van der Waals surface area contributed by atoms with Crippen LogP contribution in [0.25, 0.3) is 32.6 Å². The Hall–Kier alpha value is -7.47. The smallest absolute Gasteiger partial charge is 0.406 e. The molecule has 3 aliphatic rings. The summed E-state index contributed by atoms with van der Waals surface area (Å²) in [6.07, 6.45) is -0.378. The van der Waals surface area contributed by atoms with Crippen molar-refractivity contribution in [3.8, 4) is 27.3 Å². The van der Waals surface area contributed by atoms with Crippen LogP contribution in [-0.2, 0) is 43.4 Å². The van der Waals surface area contributed by atoms with E-state index in [1.165, 1.54) is 29.4 Å². The van der Waals surface area contributed by atoms with Gasteiger partial charge in [-0.2, -0.15) is 0 Å². The lowest BCUT2D eigenvalue weighted by molar-refractivity contribution is -0.274. The van der Waals surface area contributed by atoms with Crippen LogP contribution in [0.5, 0.6) is 5.75 Å². The van der Waals surface area contributed by atoms with Gasteiger partial charge in [0.1, 0.15) is 35.6 Å². The zero-order valence-corrected chi connectivity index (χ0v) is 47.6. The second-order valence-electron chi connectivity index (χ2n) is 22.5. The highest BCUT2D eigenvalue weighted by molar-refractivity contribution is 7.13. The van der Waals surface area contributed by atoms with Crippen molar-refractivity contribution in [1.29, 1.82) is 0 Å². The Bertz CT molecular complexity index is 3280. The van der Waals surface area contributed by atoms with Crippen molar-refractivity contribution < 1.29 is 47.0 Å². The highest BCUT2D eigenvalue weighted by atomic mass is 32.1. The fourth-order valence-corrected chi connectivity index (χ4v) is 11.9. The second kappa shape index (κ2) is 25.3. The first-order chi connectivity index (χ1) is 39.1. The van der Waals surface area contributed by atoms with Gasteiger partial charge in [-0.3, -0.25) is 28.9 Å². The van der Waals surface area contributed by atoms with Gasteiger partial charge in [-0.15, -0.1) is 24.5 Å². The molecule has 3 aliphatic heterocycles. The van der Waals surface area contributed by atoms with E-state index in [0.717, 1.165) is 57.2 Å². The number of aliphatic hydroxyl groups excluding tert-OH is 1. The van der Waals surface area contributed by atoms with E-state index in [1.807, 2.05) is 93.4 Å². The number of hydrogen-bond acceptors (Lipinski definition) is 14. The van der Waals surface area contributed by atoms with Gasteiger partial charge in [-0.25, -0.2) is 15.0 Å². The average molecular weight is 1150 g/mol. The third kappa shape index (κ3) is 14.4. The molecule has 5 amide bonds. The number of nitrogen functional groups attached to an aromatic ring is 1. The van der Waals surface area contributed by atoms with E-state index in [9.17, 15) is 42.3 Å². The molecular weight excluding hydrogens is 1080 g/mol. The largest absolute Gasteiger partial charge is 0.573 e. The highest BCUT2D eigenvalue weighted by Crippen LogP contribution is 2.38. The Labute approximate surface area is 478 Å². The number of nitrogens with zero attached hydrogens (tertiary/aromatic N) is 8. The number of hydrogen-bond donors (Lipinski definition) is 5. The van der Waals surface area contributed by atoms with Gasteiger partial charge >= 0.3 is 6.36 Å². The highest BCUT2D eigenvalue weighted by Gasteiger charge is 2.45. The Morgan fingerprint density at radius 2 is 1.62 bits per heavy atom. The van der Waals surface area contributed by atoms with Gasteiger partial charge in [-0.1, -0.05) is 63.2 Å². The fraction of sp³-hybridized carbons (Fsp3) is 0.458. The lowest BCUT2D eigenvalue weighted by Gasteiger charge is -2.36. The second-order valence-corrected chi connectivity index (χ2v) is 23.4. The van der Waals surface area contributed by atoms with Gasteiger partial charge in [0.2, 0.25) is 29.5 Å². The number of aliphatic hydroxyl groups is 1. The first-order valence-corrected chi connectivity index (χ1v) is 28.6. The number of fused-ring (bicyclic) bond motifs is 2. The van der Waals surface area contributed by atoms with Crippen LogP contribution in [-0.4, -0.2) is 152 Å². The molecule has 0 bridgehead atoms. The van der Waals surface area contributed by atoms with Crippen molar-refractivity contribution in [2.75, 3.05) is 69.5 Å². The lowest BCUT2D eigenvalue weighted by atomic mass is 9.85. The molecule has 2 fully saturated rings. The number of anilines is 2. The van der Waals surface area contributed by atoms with Crippen LogP contribution in [0.2, 0.25) is 0 Å². The fourth-order valence-electron chi connectivity index (χ4n) is 11.1. The number of nitrogens with two attached hydrogens (primary N) is 1. The average Bonchev–Trinajstić information content (AvgIpc) is 4.36. The van der Waals surface area contributed by atoms with Gasteiger partial charge in [0.15, 0.2) is 0 Å². The molecule has 23 heteroatoms. The molecule has 4 atom stereocenters. The summed E-state index contributed by atoms with van der Waals surface area (Å²) in [5, 5.41) is 20.5. The van der Waals surface area contributed by atoms with E-state index < -0.39 is 35.9 Å². The number of alkyl halides is 3. The molecule has 436 valence electrons. The number of halogens is 3. The molecule has 2 saturated heterocycles. The Morgan fingerprint density at radius 3 is 2.34 bits per heavy atom. The monoisotopic (exact) mass is 1150 g/mol. The summed E-state index contributed by atoms with van der Waals surface area (Å²) in [5.74, 6) is -1.44. The van der Waals surface area contributed by atoms with Crippen LogP contribution < -0.4 is 31.3 Å². The number of piperazine rings is 1. The quantitative estimate of drug-likeness (QED) is 0.0521. The molecule has 6 N–H and O–H groups in total. The molecule has 19 nitrogen and oxygen atoms in total. The lowest BCUT2D eigenvalue weighted by Crippen LogP contribution is -2.57. The van der Waals surface area contributed by atoms with Crippen molar-refractivity contribution in [2.24, 2.45) is 5.41 Å². The van der Waals surface area contributed by atoms with Crippen LogP contribution >= 0.6 is 11.3 Å². The van der Waals surface area contributed by atoms with Crippen molar-refractivity contribution in [2.45, 2.75) is 110 Å². The Morgan fingerprint density at radius 1 is 0.878 bits per heavy atom. The zero-order chi connectivity index (χ0) is 58.5. The van der Waals surface area contributed by atoms with Gasteiger partial charge < -0.3 is 50.8 Å². The molecule has 6 aromatic rings.